The van der Waals surface area contributed by atoms with Gasteiger partial charge in [-0.2, -0.15) is 0 Å². The molecule has 0 rings (SSSR count). The second-order valence-corrected chi connectivity index (χ2v) is 2.45. The fourth-order valence-corrected chi connectivity index (χ4v) is 0.461. The zero-order valence-corrected chi connectivity index (χ0v) is 15.8. The van der Waals surface area contributed by atoms with E-state index < -0.39 is 24.1 Å². The first kappa shape index (κ1) is 27.3. The Labute approximate surface area is 168 Å². The molecule has 0 heterocycles. The number of aliphatic hydroxyl groups is 2. The Morgan fingerprint density at radius 1 is 1.11 bits per heavy atom. The molecule has 10 heteroatoms. The summed E-state index contributed by atoms with van der Waals surface area (Å²) in [5, 5.41) is 35.7. The number of hydrogen-bond donors (Lipinski definition) is 2. The van der Waals surface area contributed by atoms with Crippen LogP contribution in [0, 0.1) is 0 Å². The molecule has 0 aliphatic heterocycles. The number of rotatable bonds is 4. The van der Waals surface area contributed by atoms with Crippen LogP contribution in [0.3, 0.4) is 0 Å². The van der Waals surface area contributed by atoms with Crippen molar-refractivity contribution in [3.8, 4) is 0 Å². The fourth-order valence-electron chi connectivity index (χ4n) is 0.461. The normalized spacial score (nSPS) is 11.3. The van der Waals surface area contributed by atoms with Crippen LogP contribution in [-0.4, -0.2) is 46.9 Å². The molecule has 0 aliphatic rings. The Morgan fingerprint density at radius 3 is 1.44 bits per heavy atom. The summed E-state index contributed by atoms with van der Waals surface area (Å²) in [6.45, 7) is 3.65. The number of aliphatic hydroxyl groups excluding tert-OH is 2. The van der Waals surface area contributed by atoms with Gasteiger partial charge in [0.1, 0.15) is 12.2 Å². The maximum Gasteiger partial charge on any atom is 1.00 e. The van der Waals surface area contributed by atoms with Crippen LogP contribution in [0.5, 0.6) is 0 Å². The van der Waals surface area contributed by atoms with Gasteiger partial charge in [-0.25, -0.2) is 0 Å². The number of hydrogen-bond acceptors (Lipinski definition) is 8. The second-order valence-electron chi connectivity index (χ2n) is 2.45. The van der Waals surface area contributed by atoms with E-state index in [4.69, 9.17) is 10.2 Å². The first-order valence-corrected chi connectivity index (χ1v) is 4.15. The van der Waals surface area contributed by atoms with Crippen molar-refractivity contribution in [2.24, 2.45) is 0 Å². The monoisotopic (exact) mass is 298 g/mol. The van der Waals surface area contributed by atoms with Gasteiger partial charge in [-0.05, 0) is 6.92 Å². The van der Waals surface area contributed by atoms with E-state index in [1.54, 1.807) is 6.92 Å². The van der Waals surface area contributed by atoms with Gasteiger partial charge in [-0.1, -0.05) is 0 Å². The van der Waals surface area contributed by atoms with Crippen molar-refractivity contribution in [3.05, 3.63) is 0 Å². The van der Waals surface area contributed by atoms with Crippen molar-refractivity contribution < 1.29 is 120 Å². The summed E-state index contributed by atoms with van der Waals surface area (Å²) in [5.41, 5.74) is 0. The zero-order valence-electron chi connectivity index (χ0n) is 10.7. The van der Waals surface area contributed by atoms with Gasteiger partial charge in [0.15, 0.2) is 0 Å². The van der Waals surface area contributed by atoms with Gasteiger partial charge in [-0.15, -0.1) is 0 Å². The molecular weight excluding hydrogens is 286 g/mol. The van der Waals surface area contributed by atoms with Crippen LogP contribution in [0.4, 0.5) is 0 Å². The standard InChI is InChI=1S/C4H6O6.C4H8O2.K.Na/c5-1(3(7)8)2(6)4(9)10;1-3-6-4(2)5;;/h1-2,5-6H,(H,7,8)(H,9,10);3H2,1-2H3;;/q;;2*+1/p-2. The van der Waals surface area contributed by atoms with Crippen LogP contribution in [0.15, 0.2) is 0 Å². The van der Waals surface area contributed by atoms with Gasteiger partial charge < -0.3 is 34.8 Å². The molecule has 94 valence electrons. The molecule has 8 nitrogen and oxygen atoms in total. The summed E-state index contributed by atoms with van der Waals surface area (Å²) in [6, 6.07) is 0. The molecule has 0 saturated carbocycles. The van der Waals surface area contributed by atoms with Crippen LogP contribution >= 0.6 is 0 Å². The van der Waals surface area contributed by atoms with Gasteiger partial charge in [0.05, 0.1) is 18.5 Å². The number of carbonyl (C=O) groups is 3. The molecule has 0 aromatic heterocycles. The van der Waals surface area contributed by atoms with E-state index in [0.29, 0.717) is 6.61 Å². The van der Waals surface area contributed by atoms with E-state index in [1.165, 1.54) is 6.92 Å². The van der Waals surface area contributed by atoms with Gasteiger partial charge >= 0.3 is 86.9 Å². The Morgan fingerprint density at radius 2 is 1.39 bits per heavy atom. The summed E-state index contributed by atoms with van der Waals surface area (Å²) >= 11 is 0. The molecule has 0 aromatic carbocycles. The molecule has 0 saturated heterocycles. The largest absolute Gasteiger partial charge is 1.00 e. The van der Waals surface area contributed by atoms with E-state index in [2.05, 4.69) is 4.74 Å². The molecule has 0 aliphatic carbocycles. The predicted molar refractivity (Wildman–Crippen MR) is 44.3 cm³/mol. The third-order valence-electron chi connectivity index (χ3n) is 1.13. The third-order valence-corrected chi connectivity index (χ3v) is 1.13. The molecule has 0 bridgehead atoms. The first-order valence-electron chi connectivity index (χ1n) is 4.15. The van der Waals surface area contributed by atoms with Crippen molar-refractivity contribution in [2.45, 2.75) is 26.1 Å². The number of ether oxygens (including phenoxy) is 1. The maximum atomic E-state index is 9.82. The average Bonchev–Trinajstić information content (AvgIpc) is 2.15. The van der Waals surface area contributed by atoms with E-state index in [9.17, 15) is 24.6 Å². The Hall–Kier alpha value is 0.966. The van der Waals surface area contributed by atoms with E-state index in [1.807, 2.05) is 0 Å². The number of aliphatic carboxylic acids is 2. The smallest absolute Gasteiger partial charge is 0.547 e. The van der Waals surface area contributed by atoms with Crippen molar-refractivity contribution in [2.75, 3.05) is 6.61 Å². The summed E-state index contributed by atoms with van der Waals surface area (Å²) in [6.07, 6.45) is -4.88. The average molecular weight is 298 g/mol. The maximum absolute atomic E-state index is 9.82. The van der Waals surface area contributed by atoms with E-state index in [0.717, 1.165) is 0 Å². The van der Waals surface area contributed by atoms with Crippen molar-refractivity contribution in [3.63, 3.8) is 0 Å². The van der Waals surface area contributed by atoms with Crippen LogP contribution in [0.25, 0.3) is 0 Å². The predicted octanol–water partition coefficient (Wildman–Crippen LogP) is -10.2. The Balaban J connectivity index is -0.000000108. The minimum Gasteiger partial charge on any atom is -0.547 e. The summed E-state index contributed by atoms with van der Waals surface area (Å²) in [7, 11) is 0. The Bertz CT molecular complexity index is 241. The molecule has 0 spiro atoms. The quantitative estimate of drug-likeness (QED) is 0.384. The van der Waals surface area contributed by atoms with Crippen molar-refractivity contribution in [1.82, 2.24) is 0 Å². The zero-order chi connectivity index (χ0) is 13.3. The molecule has 2 N–H and O–H groups in total. The van der Waals surface area contributed by atoms with Crippen LogP contribution in [0.1, 0.15) is 13.8 Å². The van der Waals surface area contributed by atoms with Crippen LogP contribution in [0.2, 0.25) is 0 Å². The minimum absolute atomic E-state index is 0. The first-order chi connectivity index (χ1) is 7.23. The van der Waals surface area contributed by atoms with Gasteiger partial charge in [0.25, 0.3) is 0 Å². The SMILES string of the molecule is CCOC(C)=O.O=C([O-])C(O)C(O)C(=O)[O-].[K+].[Na+]. The molecule has 0 amide bonds. The fraction of sp³-hybridized carbons (Fsp3) is 0.625. The van der Waals surface area contributed by atoms with Crippen molar-refractivity contribution in [1.29, 1.82) is 0 Å². The molecule has 0 radical (unpaired) electrons. The number of carbonyl (C=O) groups excluding carboxylic acids is 3. The molecule has 18 heavy (non-hydrogen) atoms. The van der Waals surface area contributed by atoms with Gasteiger partial charge in [0.2, 0.25) is 0 Å². The molecule has 2 unspecified atom stereocenters. The number of carboxylic acids is 2. The van der Waals surface area contributed by atoms with Gasteiger partial charge in [-0.3, -0.25) is 4.79 Å². The van der Waals surface area contributed by atoms with Crippen LogP contribution in [-0.2, 0) is 19.1 Å². The number of carboxylic acid groups (broad SMARTS) is 2. The molecule has 2 atom stereocenters. The topological polar surface area (TPSA) is 147 Å². The minimum atomic E-state index is -2.44. The molecule has 0 aromatic rings. The Kier molecular flexibility index (Phi) is 24.3. The molecular formula is C8H12KNaO8. The van der Waals surface area contributed by atoms with E-state index >= 15 is 0 Å². The van der Waals surface area contributed by atoms with Crippen LogP contribution < -0.4 is 91.2 Å². The number of esters is 1. The second kappa shape index (κ2) is 16.0. The van der Waals surface area contributed by atoms with E-state index in [-0.39, 0.29) is 86.9 Å². The van der Waals surface area contributed by atoms with Crippen molar-refractivity contribution >= 4 is 17.9 Å². The van der Waals surface area contributed by atoms with Gasteiger partial charge in [0, 0.05) is 6.92 Å². The summed E-state index contributed by atoms with van der Waals surface area (Å²) < 4.78 is 4.40. The molecule has 0 fully saturated rings. The summed E-state index contributed by atoms with van der Waals surface area (Å²) in [4.78, 5) is 29.1. The third kappa shape index (κ3) is 17.0. The summed E-state index contributed by atoms with van der Waals surface area (Å²) in [5.74, 6) is -4.33.